The third-order valence-electron chi connectivity index (χ3n) is 7.37. The molecule has 4 aromatic rings. The van der Waals surface area contributed by atoms with Crippen molar-refractivity contribution in [3.05, 3.63) is 120 Å². The number of hydrogen-bond donors (Lipinski definition) is 1. The second-order valence-corrected chi connectivity index (χ2v) is 16.9. The van der Waals surface area contributed by atoms with Crippen LogP contribution < -0.4 is 19.6 Å². The van der Waals surface area contributed by atoms with E-state index in [-0.39, 0.29) is 9.93 Å². The van der Waals surface area contributed by atoms with E-state index >= 15 is 0 Å². The van der Waals surface area contributed by atoms with Crippen molar-refractivity contribution < 1.29 is 12.8 Å². The summed E-state index contributed by atoms with van der Waals surface area (Å²) >= 11 is 0. The van der Waals surface area contributed by atoms with Crippen molar-refractivity contribution in [1.82, 2.24) is 4.83 Å². The van der Waals surface area contributed by atoms with Crippen molar-refractivity contribution in [2.75, 3.05) is 0 Å². The van der Waals surface area contributed by atoms with E-state index in [9.17, 15) is 8.42 Å². The van der Waals surface area contributed by atoms with Crippen molar-refractivity contribution in [2.45, 2.75) is 50.5 Å². The number of hydrazone groups is 1. The number of nitrogens with one attached hydrogen (secondary N) is 1. The van der Waals surface area contributed by atoms with Crippen LogP contribution in [0.3, 0.4) is 0 Å². The van der Waals surface area contributed by atoms with Crippen LogP contribution in [-0.2, 0) is 16.4 Å². The second-order valence-electron chi connectivity index (χ2n) is 11.0. The highest BCUT2D eigenvalue weighted by Gasteiger charge is 2.52. The standard InChI is InChI=1S/C32H34N2O3SSi/c1-24-18-20-25(21-19-24)38(35,36)34-33-30-23-22-29-28(30)16-11-17-31(29)37-39(32(2,3)4,26-12-7-5-8-13-26)27-14-9-6-10-15-27/h5-21,34H,22-23H2,1-4H3/b33-30+. The van der Waals surface area contributed by atoms with E-state index < -0.39 is 18.3 Å². The smallest absolute Gasteiger partial charge is 0.319 e. The molecule has 0 amide bonds. The van der Waals surface area contributed by atoms with Crippen LogP contribution in [0.1, 0.15) is 43.9 Å². The van der Waals surface area contributed by atoms with Crippen LogP contribution in [0.4, 0.5) is 0 Å². The summed E-state index contributed by atoms with van der Waals surface area (Å²) in [6.45, 7) is 8.70. The molecule has 0 unspecified atom stereocenters. The van der Waals surface area contributed by atoms with E-state index in [0.717, 1.165) is 28.9 Å². The Morgan fingerprint density at radius 3 is 1.92 bits per heavy atom. The number of nitrogens with zero attached hydrogens (tertiary/aromatic N) is 1. The lowest BCUT2D eigenvalue weighted by Gasteiger charge is -2.43. The topological polar surface area (TPSA) is 67.8 Å². The molecule has 0 aromatic heterocycles. The first-order valence-corrected chi connectivity index (χ1v) is 16.6. The van der Waals surface area contributed by atoms with E-state index in [1.165, 1.54) is 10.4 Å². The van der Waals surface area contributed by atoms with Gasteiger partial charge in [0.25, 0.3) is 10.0 Å². The summed E-state index contributed by atoms with van der Waals surface area (Å²) in [5, 5.41) is 6.62. The Balaban J connectivity index is 1.55. The van der Waals surface area contributed by atoms with Gasteiger partial charge >= 0.3 is 8.32 Å². The number of fused-ring (bicyclic) bond motifs is 1. The minimum absolute atomic E-state index is 0.169. The van der Waals surface area contributed by atoms with Gasteiger partial charge in [-0.2, -0.15) is 18.4 Å². The normalized spacial score (nSPS) is 14.7. The minimum atomic E-state index is -3.76. The van der Waals surface area contributed by atoms with Crippen molar-refractivity contribution >= 4 is 34.4 Å². The van der Waals surface area contributed by atoms with Crippen molar-refractivity contribution in [3.8, 4) is 5.75 Å². The van der Waals surface area contributed by atoms with E-state index in [1.807, 2.05) is 37.3 Å². The highest BCUT2D eigenvalue weighted by atomic mass is 32.2. The summed E-state index contributed by atoms with van der Waals surface area (Å²) in [5.74, 6) is 0.841. The predicted octanol–water partition coefficient (Wildman–Crippen LogP) is 5.56. The summed E-state index contributed by atoms with van der Waals surface area (Å²) in [6.07, 6.45) is 1.36. The number of benzene rings is 4. The molecule has 0 atom stereocenters. The van der Waals surface area contributed by atoms with E-state index in [1.54, 1.807) is 24.3 Å². The van der Waals surface area contributed by atoms with Crippen LogP contribution in [0.2, 0.25) is 5.04 Å². The average Bonchev–Trinajstić information content (AvgIpc) is 3.35. The Kier molecular flexibility index (Phi) is 7.22. The Hall–Kier alpha value is -3.68. The molecular formula is C32H34N2O3SSi. The molecule has 0 bridgehead atoms. The van der Waals surface area contributed by atoms with Gasteiger partial charge in [0.05, 0.1) is 10.6 Å². The third-order valence-corrected chi connectivity index (χ3v) is 13.5. The zero-order valence-electron chi connectivity index (χ0n) is 22.8. The average molecular weight is 555 g/mol. The SMILES string of the molecule is Cc1ccc(S(=O)(=O)N/N=C2\CCc3c(O[Si](c4ccccc4)(c4ccccc4)C(C)(C)C)cccc32)cc1. The van der Waals surface area contributed by atoms with Gasteiger partial charge in [-0.05, 0) is 53.4 Å². The molecule has 0 saturated heterocycles. The number of sulfonamides is 1. The molecule has 5 nitrogen and oxygen atoms in total. The summed E-state index contributed by atoms with van der Waals surface area (Å²) < 4.78 is 33.0. The van der Waals surface area contributed by atoms with Gasteiger partial charge in [0.2, 0.25) is 0 Å². The van der Waals surface area contributed by atoms with E-state index in [2.05, 4.69) is 79.2 Å². The van der Waals surface area contributed by atoms with E-state index in [0.29, 0.717) is 12.1 Å². The van der Waals surface area contributed by atoms with Gasteiger partial charge in [0, 0.05) is 11.1 Å². The molecule has 0 spiro atoms. The molecule has 1 N–H and O–H groups in total. The third kappa shape index (κ3) is 5.16. The minimum Gasteiger partial charge on any atom is -0.534 e. The van der Waals surface area contributed by atoms with Crippen LogP contribution in [0.5, 0.6) is 5.75 Å². The Labute approximate surface area is 232 Å². The molecule has 1 aliphatic carbocycles. The maximum absolute atomic E-state index is 12.9. The number of rotatable bonds is 7. The van der Waals surface area contributed by atoms with Gasteiger partial charge in [-0.25, -0.2) is 0 Å². The lowest BCUT2D eigenvalue weighted by Crippen LogP contribution is -2.68. The fraction of sp³-hybridized carbons (Fsp3) is 0.219. The monoisotopic (exact) mass is 554 g/mol. The maximum Gasteiger partial charge on any atom is 0.319 e. The molecule has 4 aromatic carbocycles. The lowest BCUT2D eigenvalue weighted by atomic mass is 10.1. The summed E-state index contributed by atoms with van der Waals surface area (Å²) in [6, 6.07) is 33.9. The molecule has 200 valence electrons. The number of aryl methyl sites for hydroxylation is 1. The second kappa shape index (κ2) is 10.5. The highest BCUT2D eigenvalue weighted by molar-refractivity contribution is 7.89. The van der Waals surface area contributed by atoms with Crippen LogP contribution >= 0.6 is 0 Å². The molecular weight excluding hydrogens is 521 g/mol. The zero-order valence-corrected chi connectivity index (χ0v) is 24.6. The van der Waals surface area contributed by atoms with Gasteiger partial charge in [-0.15, -0.1) is 0 Å². The molecule has 39 heavy (non-hydrogen) atoms. The molecule has 7 heteroatoms. The molecule has 0 aliphatic heterocycles. The first-order chi connectivity index (χ1) is 18.6. The van der Waals surface area contributed by atoms with Gasteiger partial charge in [0.1, 0.15) is 5.75 Å². The Morgan fingerprint density at radius 1 is 0.769 bits per heavy atom. The number of hydrogen-bond acceptors (Lipinski definition) is 4. The zero-order chi connectivity index (χ0) is 27.7. The van der Waals surface area contributed by atoms with E-state index in [4.69, 9.17) is 4.43 Å². The van der Waals surface area contributed by atoms with Gasteiger partial charge in [0.15, 0.2) is 0 Å². The van der Waals surface area contributed by atoms with Crippen LogP contribution in [0.25, 0.3) is 0 Å². The fourth-order valence-electron chi connectivity index (χ4n) is 5.38. The largest absolute Gasteiger partial charge is 0.534 e. The van der Waals surface area contributed by atoms with Gasteiger partial charge < -0.3 is 4.43 Å². The van der Waals surface area contributed by atoms with Crippen molar-refractivity contribution in [3.63, 3.8) is 0 Å². The van der Waals surface area contributed by atoms with Gasteiger partial charge in [-0.1, -0.05) is 111 Å². The molecule has 5 rings (SSSR count). The van der Waals surface area contributed by atoms with Crippen LogP contribution in [-0.4, -0.2) is 22.4 Å². The molecule has 0 radical (unpaired) electrons. The first-order valence-electron chi connectivity index (χ1n) is 13.2. The van der Waals surface area contributed by atoms with Crippen LogP contribution in [0.15, 0.2) is 113 Å². The van der Waals surface area contributed by atoms with Gasteiger partial charge in [-0.3, -0.25) is 0 Å². The first kappa shape index (κ1) is 26.9. The Bertz CT molecular complexity index is 1560. The quantitative estimate of drug-likeness (QED) is 0.240. The Morgan fingerprint density at radius 2 is 1.36 bits per heavy atom. The maximum atomic E-state index is 12.9. The van der Waals surface area contributed by atoms with Crippen LogP contribution in [0, 0.1) is 6.92 Å². The molecule has 0 heterocycles. The van der Waals surface area contributed by atoms with Crippen molar-refractivity contribution in [1.29, 1.82) is 0 Å². The van der Waals surface area contributed by atoms with Crippen molar-refractivity contribution in [2.24, 2.45) is 5.10 Å². The molecule has 0 saturated carbocycles. The molecule has 1 aliphatic rings. The lowest BCUT2D eigenvalue weighted by molar-refractivity contribution is 0.503. The fourth-order valence-corrected chi connectivity index (χ4v) is 10.7. The summed E-state index contributed by atoms with van der Waals surface area (Å²) in [4.78, 5) is 2.64. The molecule has 0 fully saturated rings. The summed E-state index contributed by atoms with van der Waals surface area (Å²) in [7, 11) is -6.56. The highest BCUT2D eigenvalue weighted by Crippen LogP contribution is 2.40. The predicted molar refractivity (Wildman–Crippen MR) is 161 cm³/mol. The summed E-state index contributed by atoms with van der Waals surface area (Å²) in [5.41, 5.74) is 3.71.